The van der Waals surface area contributed by atoms with Crippen molar-refractivity contribution in [3.05, 3.63) is 54.2 Å². The van der Waals surface area contributed by atoms with Crippen LogP contribution in [0.2, 0.25) is 0 Å². The molecule has 2 aromatic carbocycles. The molecule has 0 saturated heterocycles. The number of fused-ring (bicyclic) bond motifs is 1. The second-order valence-electron chi connectivity index (χ2n) is 6.09. The molecule has 9 heteroatoms. The molecule has 148 valence electrons. The summed E-state index contributed by atoms with van der Waals surface area (Å²) in [6.07, 6.45) is 1.66. The lowest BCUT2D eigenvalue weighted by Gasteiger charge is -2.16. The summed E-state index contributed by atoms with van der Waals surface area (Å²) in [5.41, 5.74) is 1.54. The summed E-state index contributed by atoms with van der Waals surface area (Å²) in [6.45, 7) is 0. The van der Waals surface area contributed by atoms with Crippen LogP contribution < -0.4 is 14.2 Å². The average molecular weight is 404 g/mol. The summed E-state index contributed by atoms with van der Waals surface area (Å²) in [4.78, 5) is 14.6. The number of methoxy groups -OCH3 is 2. The molecule has 0 spiro atoms. The quantitative estimate of drug-likeness (QED) is 0.530. The van der Waals surface area contributed by atoms with Crippen molar-refractivity contribution in [2.75, 3.05) is 14.2 Å². The Morgan fingerprint density at radius 1 is 1.18 bits per heavy atom. The van der Waals surface area contributed by atoms with Crippen LogP contribution in [0.5, 0.6) is 11.5 Å². The summed E-state index contributed by atoms with van der Waals surface area (Å²) < 4.78 is 38.2. The SMILES string of the molecule is COc1ccc(OC)c(S(=O)(=O)N[C@@H](Cc2c[nH]c3ccccc23)C(=O)O)c1. The number of carboxylic acid groups (broad SMARTS) is 1. The number of benzene rings is 2. The number of hydrogen-bond donors (Lipinski definition) is 3. The molecule has 0 radical (unpaired) electrons. The standard InChI is InChI=1S/C19H20N2O6S/c1-26-13-7-8-17(27-2)18(10-13)28(24,25)21-16(19(22)23)9-12-11-20-15-6-4-3-5-14(12)15/h3-8,10-11,16,20-21H,9H2,1-2H3,(H,22,23)/t16-/m0/s1. The Morgan fingerprint density at radius 2 is 1.93 bits per heavy atom. The Hall–Kier alpha value is -3.04. The minimum atomic E-state index is -4.18. The van der Waals surface area contributed by atoms with Crippen LogP contribution in [0.25, 0.3) is 10.9 Å². The minimum Gasteiger partial charge on any atom is -0.497 e. The van der Waals surface area contributed by atoms with E-state index >= 15 is 0 Å². The smallest absolute Gasteiger partial charge is 0.322 e. The van der Waals surface area contributed by atoms with E-state index in [0.717, 1.165) is 10.9 Å². The van der Waals surface area contributed by atoms with Gasteiger partial charge in [-0.05, 0) is 23.8 Å². The van der Waals surface area contributed by atoms with Crippen LogP contribution in [-0.2, 0) is 21.2 Å². The van der Waals surface area contributed by atoms with Gasteiger partial charge in [0.1, 0.15) is 22.4 Å². The van der Waals surface area contributed by atoms with Gasteiger partial charge in [0.2, 0.25) is 10.0 Å². The highest BCUT2D eigenvalue weighted by molar-refractivity contribution is 7.89. The van der Waals surface area contributed by atoms with Crippen molar-refractivity contribution in [1.82, 2.24) is 9.71 Å². The van der Waals surface area contributed by atoms with Crippen molar-refractivity contribution in [2.24, 2.45) is 0 Å². The molecule has 0 unspecified atom stereocenters. The highest BCUT2D eigenvalue weighted by Gasteiger charge is 2.29. The topological polar surface area (TPSA) is 118 Å². The first-order valence-electron chi connectivity index (χ1n) is 8.38. The fraction of sp³-hybridized carbons (Fsp3) is 0.211. The van der Waals surface area contributed by atoms with Crippen LogP contribution >= 0.6 is 0 Å². The van der Waals surface area contributed by atoms with Gasteiger partial charge in [-0.1, -0.05) is 18.2 Å². The zero-order valence-electron chi connectivity index (χ0n) is 15.3. The Bertz CT molecular complexity index is 1110. The van der Waals surface area contributed by atoms with Crippen LogP contribution in [0, 0.1) is 0 Å². The molecular weight excluding hydrogens is 384 g/mol. The van der Waals surface area contributed by atoms with E-state index in [2.05, 4.69) is 9.71 Å². The van der Waals surface area contributed by atoms with E-state index in [4.69, 9.17) is 9.47 Å². The molecule has 3 rings (SSSR count). The molecule has 1 heterocycles. The van der Waals surface area contributed by atoms with E-state index in [9.17, 15) is 18.3 Å². The monoisotopic (exact) mass is 404 g/mol. The van der Waals surface area contributed by atoms with Crippen LogP contribution in [0.1, 0.15) is 5.56 Å². The summed E-state index contributed by atoms with van der Waals surface area (Å²) in [7, 11) is -1.44. The first-order chi connectivity index (χ1) is 13.4. The number of ether oxygens (including phenoxy) is 2. The molecule has 0 amide bonds. The largest absolute Gasteiger partial charge is 0.497 e. The average Bonchev–Trinajstić information content (AvgIpc) is 3.09. The normalized spacial score (nSPS) is 12.6. The fourth-order valence-electron chi connectivity index (χ4n) is 2.94. The molecule has 0 fully saturated rings. The summed E-state index contributed by atoms with van der Waals surface area (Å²) in [5.74, 6) is -0.884. The molecule has 3 N–H and O–H groups in total. The van der Waals surface area contributed by atoms with Crippen LogP contribution in [0.4, 0.5) is 0 Å². The number of aromatic amines is 1. The van der Waals surface area contributed by atoms with Gasteiger partial charge in [0.25, 0.3) is 0 Å². The van der Waals surface area contributed by atoms with Crippen LogP contribution in [-0.4, -0.2) is 44.7 Å². The fourth-order valence-corrected chi connectivity index (χ4v) is 4.32. The molecule has 28 heavy (non-hydrogen) atoms. The van der Waals surface area contributed by atoms with Gasteiger partial charge in [0.15, 0.2) is 0 Å². The summed E-state index contributed by atoms with van der Waals surface area (Å²) in [5, 5.41) is 10.4. The maximum Gasteiger partial charge on any atom is 0.322 e. The third kappa shape index (κ3) is 3.95. The first-order valence-corrected chi connectivity index (χ1v) is 9.86. The number of hydrogen-bond acceptors (Lipinski definition) is 5. The van der Waals surface area contributed by atoms with E-state index in [-0.39, 0.29) is 17.1 Å². The highest BCUT2D eigenvalue weighted by Crippen LogP contribution is 2.28. The van der Waals surface area contributed by atoms with Gasteiger partial charge in [-0.3, -0.25) is 4.79 Å². The molecule has 0 aliphatic rings. The lowest BCUT2D eigenvalue weighted by molar-refractivity contribution is -0.138. The predicted octanol–water partition coefficient (Wildman–Crippen LogP) is 2.16. The molecular formula is C19H20N2O6S. The number of H-pyrrole nitrogens is 1. The first kappa shape index (κ1) is 19.7. The Morgan fingerprint density at radius 3 is 2.61 bits per heavy atom. The van der Waals surface area contributed by atoms with E-state index in [1.165, 1.54) is 26.4 Å². The van der Waals surface area contributed by atoms with Crippen LogP contribution in [0.15, 0.2) is 53.6 Å². The Kier molecular flexibility index (Phi) is 5.57. The van der Waals surface area contributed by atoms with Gasteiger partial charge < -0.3 is 19.6 Å². The summed E-state index contributed by atoms with van der Waals surface area (Å²) in [6, 6.07) is 10.3. The van der Waals surface area contributed by atoms with Gasteiger partial charge in [0, 0.05) is 29.6 Å². The molecule has 3 aromatic rings. The Labute approximate surface area is 162 Å². The van der Waals surface area contributed by atoms with Crippen molar-refractivity contribution >= 4 is 26.9 Å². The summed E-state index contributed by atoms with van der Waals surface area (Å²) >= 11 is 0. The van der Waals surface area contributed by atoms with Gasteiger partial charge >= 0.3 is 5.97 Å². The Balaban J connectivity index is 1.93. The number of carboxylic acids is 1. The second-order valence-corrected chi connectivity index (χ2v) is 7.77. The lowest BCUT2D eigenvalue weighted by atomic mass is 10.1. The molecule has 0 saturated carbocycles. The van der Waals surface area contributed by atoms with Gasteiger partial charge in [0.05, 0.1) is 14.2 Å². The highest BCUT2D eigenvalue weighted by atomic mass is 32.2. The number of aliphatic carboxylic acids is 1. The predicted molar refractivity (Wildman–Crippen MR) is 103 cm³/mol. The van der Waals surface area contributed by atoms with Crippen LogP contribution in [0.3, 0.4) is 0 Å². The van der Waals surface area contributed by atoms with Crippen molar-refractivity contribution < 1.29 is 27.8 Å². The van der Waals surface area contributed by atoms with Crippen molar-refractivity contribution in [2.45, 2.75) is 17.4 Å². The lowest BCUT2D eigenvalue weighted by Crippen LogP contribution is -2.42. The second kappa shape index (κ2) is 7.91. The zero-order chi connectivity index (χ0) is 20.3. The minimum absolute atomic E-state index is 0.0230. The molecule has 0 aliphatic heterocycles. The number of para-hydroxylation sites is 1. The third-order valence-electron chi connectivity index (χ3n) is 4.35. The zero-order valence-corrected chi connectivity index (χ0v) is 16.1. The van der Waals surface area contributed by atoms with E-state index < -0.39 is 22.0 Å². The molecule has 8 nitrogen and oxygen atoms in total. The number of rotatable bonds is 8. The van der Waals surface area contributed by atoms with Crippen molar-refractivity contribution in [1.29, 1.82) is 0 Å². The van der Waals surface area contributed by atoms with Gasteiger partial charge in [-0.15, -0.1) is 0 Å². The molecule has 1 atom stereocenters. The number of sulfonamides is 1. The molecule has 0 aliphatic carbocycles. The van der Waals surface area contributed by atoms with E-state index in [0.29, 0.717) is 11.3 Å². The van der Waals surface area contributed by atoms with Gasteiger partial charge in [-0.25, -0.2) is 8.42 Å². The number of aromatic nitrogens is 1. The maximum atomic E-state index is 12.9. The molecule has 1 aromatic heterocycles. The van der Waals surface area contributed by atoms with E-state index in [1.807, 2.05) is 24.3 Å². The van der Waals surface area contributed by atoms with Gasteiger partial charge in [-0.2, -0.15) is 4.72 Å². The van der Waals surface area contributed by atoms with E-state index in [1.54, 1.807) is 12.3 Å². The molecule has 0 bridgehead atoms. The van der Waals surface area contributed by atoms with Crippen molar-refractivity contribution in [3.63, 3.8) is 0 Å². The maximum absolute atomic E-state index is 12.9. The third-order valence-corrected chi connectivity index (χ3v) is 5.85. The van der Waals surface area contributed by atoms with Crippen molar-refractivity contribution in [3.8, 4) is 11.5 Å². The number of carbonyl (C=O) groups is 1. The number of nitrogens with one attached hydrogen (secondary N) is 2.